The maximum absolute atomic E-state index is 11.3. The van der Waals surface area contributed by atoms with Crippen molar-refractivity contribution in [1.29, 1.82) is 0 Å². The van der Waals surface area contributed by atoms with Gasteiger partial charge in [0, 0.05) is 10.7 Å². The van der Waals surface area contributed by atoms with Crippen molar-refractivity contribution in [3.8, 4) is 5.75 Å². The molecule has 16 heavy (non-hydrogen) atoms. The molecular formula is C11H13ClO3S. The van der Waals surface area contributed by atoms with Crippen molar-refractivity contribution in [3.63, 3.8) is 0 Å². The molecule has 1 aromatic rings. The highest BCUT2D eigenvalue weighted by Gasteiger charge is 2.28. The Kier molecular flexibility index (Phi) is 3.13. The van der Waals surface area contributed by atoms with Gasteiger partial charge in [-0.1, -0.05) is 6.07 Å². The Morgan fingerprint density at radius 3 is 2.75 bits per heavy atom. The highest BCUT2D eigenvalue weighted by atomic mass is 35.7. The van der Waals surface area contributed by atoms with Gasteiger partial charge in [0.25, 0.3) is 0 Å². The predicted molar refractivity (Wildman–Crippen MR) is 63.6 cm³/mol. The molecule has 0 spiro atoms. The van der Waals surface area contributed by atoms with Gasteiger partial charge in [-0.15, -0.1) is 0 Å². The summed E-state index contributed by atoms with van der Waals surface area (Å²) in [5.74, 6) is 0.756. The number of hydrogen-bond donors (Lipinski definition) is 0. The van der Waals surface area contributed by atoms with Crippen LogP contribution in [-0.2, 0) is 21.9 Å². The van der Waals surface area contributed by atoms with Gasteiger partial charge in [0.1, 0.15) is 5.75 Å². The fraction of sp³-hybridized carbons (Fsp3) is 0.455. The van der Waals surface area contributed by atoms with Gasteiger partial charge in [0.15, 0.2) is 0 Å². The van der Waals surface area contributed by atoms with E-state index >= 15 is 0 Å². The lowest BCUT2D eigenvalue weighted by molar-refractivity contribution is 0.413. The molecule has 1 aliphatic rings. The second kappa shape index (κ2) is 4.26. The van der Waals surface area contributed by atoms with Crippen LogP contribution in [0.1, 0.15) is 17.5 Å². The molecule has 0 radical (unpaired) electrons. The van der Waals surface area contributed by atoms with Crippen molar-refractivity contribution in [2.45, 2.75) is 24.5 Å². The maximum atomic E-state index is 11.3. The van der Waals surface area contributed by atoms with Crippen LogP contribution in [0, 0.1) is 0 Å². The topological polar surface area (TPSA) is 43.4 Å². The third-order valence-corrected chi connectivity index (χ3v) is 4.95. The van der Waals surface area contributed by atoms with E-state index in [9.17, 15) is 8.42 Å². The fourth-order valence-corrected chi connectivity index (χ4v) is 3.30. The molecule has 0 aliphatic heterocycles. The molecule has 0 N–H and O–H groups in total. The minimum absolute atomic E-state index is 0.464. The molecule has 0 unspecified atom stereocenters. The molecule has 0 saturated carbocycles. The summed E-state index contributed by atoms with van der Waals surface area (Å²) in [5, 5.41) is -0.464. The Balaban J connectivity index is 2.32. The van der Waals surface area contributed by atoms with Crippen molar-refractivity contribution in [3.05, 3.63) is 29.3 Å². The molecule has 5 heteroatoms. The highest BCUT2D eigenvalue weighted by Crippen LogP contribution is 2.29. The van der Waals surface area contributed by atoms with E-state index in [1.54, 1.807) is 7.11 Å². The Labute approximate surface area is 99.8 Å². The van der Waals surface area contributed by atoms with Crippen molar-refractivity contribution < 1.29 is 13.2 Å². The molecule has 1 aliphatic carbocycles. The Hall–Kier alpha value is -0.740. The summed E-state index contributed by atoms with van der Waals surface area (Å²) in [5.41, 5.74) is 2.22. The van der Waals surface area contributed by atoms with Gasteiger partial charge in [0.2, 0.25) is 9.05 Å². The first-order valence-corrected chi connectivity index (χ1v) is 7.47. The maximum Gasteiger partial charge on any atom is 0.235 e. The van der Waals surface area contributed by atoms with Crippen molar-refractivity contribution in [2.24, 2.45) is 0 Å². The molecule has 0 amide bonds. The first-order chi connectivity index (χ1) is 7.50. The Bertz CT molecular complexity index is 496. The summed E-state index contributed by atoms with van der Waals surface area (Å²) in [6.07, 6.45) is 1.85. The Morgan fingerprint density at radius 1 is 1.38 bits per heavy atom. The van der Waals surface area contributed by atoms with E-state index < -0.39 is 14.3 Å². The third-order valence-electron chi connectivity index (χ3n) is 2.99. The lowest BCUT2D eigenvalue weighted by atomic mass is 9.91. The Morgan fingerprint density at radius 2 is 2.12 bits per heavy atom. The SMILES string of the molecule is COc1ccc2c(c1)C[C@H](S(=O)(=O)Cl)CC2. The number of rotatable bonds is 2. The molecule has 0 fully saturated rings. The molecule has 1 aromatic carbocycles. The number of aryl methyl sites for hydroxylation is 1. The number of halogens is 1. The van der Waals surface area contributed by atoms with Crippen LogP contribution in [0.3, 0.4) is 0 Å². The normalized spacial score (nSPS) is 20.2. The van der Waals surface area contributed by atoms with Crippen LogP contribution >= 0.6 is 10.7 Å². The average molecular weight is 261 g/mol. The molecule has 0 bridgehead atoms. The summed E-state index contributed by atoms with van der Waals surface area (Å²) in [6.45, 7) is 0. The van der Waals surface area contributed by atoms with Gasteiger partial charge in [-0.25, -0.2) is 8.42 Å². The van der Waals surface area contributed by atoms with Gasteiger partial charge in [-0.2, -0.15) is 0 Å². The average Bonchev–Trinajstić information content (AvgIpc) is 2.26. The second-order valence-corrected chi connectivity index (χ2v) is 6.88. The molecule has 0 saturated heterocycles. The van der Waals surface area contributed by atoms with Gasteiger partial charge < -0.3 is 4.74 Å². The van der Waals surface area contributed by atoms with E-state index in [1.165, 1.54) is 5.56 Å². The molecule has 88 valence electrons. The van der Waals surface area contributed by atoms with E-state index in [4.69, 9.17) is 15.4 Å². The van der Waals surface area contributed by atoms with E-state index in [2.05, 4.69) is 0 Å². The third kappa shape index (κ3) is 2.33. The lowest BCUT2D eigenvalue weighted by Gasteiger charge is -2.22. The van der Waals surface area contributed by atoms with Crippen LogP contribution in [0.15, 0.2) is 18.2 Å². The molecular weight excluding hydrogens is 248 g/mol. The van der Waals surface area contributed by atoms with Crippen LogP contribution < -0.4 is 4.74 Å². The van der Waals surface area contributed by atoms with Gasteiger partial charge in [-0.05, 0) is 42.5 Å². The number of hydrogen-bond acceptors (Lipinski definition) is 3. The zero-order valence-electron chi connectivity index (χ0n) is 8.94. The molecule has 0 aromatic heterocycles. The summed E-state index contributed by atoms with van der Waals surface area (Å²) in [7, 11) is 3.53. The molecule has 0 heterocycles. The van der Waals surface area contributed by atoms with Gasteiger partial charge in [-0.3, -0.25) is 0 Å². The zero-order valence-corrected chi connectivity index (χ0v) is 10.5. The quantitative estimate of drug-likeness (QED) is 0.765. The van der Waals surface area contributed by atoms with E-state index in [0.29, 0.717) is 12.8 Å². The van der Waals surface area contributed by atoms with Gasteiger partial charge in [0.05, 0.1) is 12.4 Å². The largest absolute Gasteiger partial charge is 0.497 e. The molecule has 1 atom stereocenters. The zero-order chi connectivity index (χ0) is 11.8. The number of fused-ring (bicyclic) bond motifs is 1. The van der Waals surface area contributed by atoms with Crippen LogP contribution in [0.4, 0.5) is 0 Å². The number of ether oxygens (including phenoxy) is 1. The van der Waals surface area contributed by atoms with E-state index in [0.717, 1.165) is 17.7 Å². The number of methoxy groups -OCH3 is 1. The summed E-state index contributed by atoms with van der Waals surface area (Å²) in [6, 6.07) is 5.78. The molecule has 3 nitrogen and oxygen atoms in total. The minimum atomic E-state index is -3.46. The van der Waals surface area contributed by atoms with Crippen LogP contribution in [0.2, 0.25) is 0 Å². The van der Waals surface area contributed by atoms with E-state index in [1.807, 2.05) is 18.2 Å². The van der Waals surface area contributed by atoms with Crippen LogP contribution in [0.25, 0.3) is 0 Å². The minimum Gasteiger partial charge on any atom is -0.497 e. The standard InChI is InChI=1S/C11H13ClO3S/c1-15-10-4-2-8-3-5-11(16(12,13)14)7-9(8)6-10/h2,4,6,11H,3,5,7H2,1H3/t11-/m1/s1. The second-order valence-electron chi connectivity index (χ2n) is 3.98. The smallest absolute Gasteiger partial charge is 0.235 e. The van der Waals surface area contributed by atoms with E-state index in [-0.39, 0.29) is 0 Å². The van der Waals surface area contributed by atoms with Crippen molar-refractivity contribution >= 4 is 19.7 Å². The van der Waals surface area contributed by atoms with Crippen LogP contribution in [0.5, 0.6) is 5.75 Å². The molecule has 2 rings (SSSR count). The number of benzene rings is 1. The summed E-state index contributed by atoms with van der Waals surface area (Å²) >= 11 is 0. The monoisotopic (exact) mass is 260 g/mol. The first-order valence-electron chi connectivity index (χ1n) is 5.10. The predicted octanol–water partition coefficient (Wildman–Crippen LogP) is 2.12. The van der Waals surface area contributed by atoms with Crippen LogP contribution in [-0.4, -0.2) is 20.8 Å². The lowest BCUT2D eigenvalue weighted by Crippen LogP contribution is -2.24. The summed E-state index contributed by atoms with van der Waals surface area (Å²) < 4.78 is 27.7. The van der Waals surface area contributed by atoms with Crippen molar-refractivity contribution in [1.82, 2.24) is 0 Å². The summed E-state index contributed by atoms with van der Waals surface area (Å²) in [4.78, 5) is 0. The fourth-order valence-electron chi connectivity index (χ4n) is 2.07. The first kappa shape index (κ1) is 11.7. The van der Waals surface area contributed by atoms with Crippen molar-refractivity contribution in [2.75, 3.05) is 7.11 Å². The highest BCUT2D eigenvalue weighted by molar-refractivity contribution is 8.14. The van der Waals surface area contributed by atoms with Gasteiger partial charge >= 0.3 is 0 Å².